The average Bonchev–Trinajstić information content (AvgIpc) is 2.99. The van der Waals surface area contributed by atoms with Crippen LogP contribution in [-0.4, -0.2) is 13.4 Å². The van der Waals surface area contributed by atoms with Crippen LogP contribution in [0.2, 0.25) is 0 Å². The minimum absolute atomic E-state index is 0.163. The van der Waals surface area contributed by atoms with Gasteiger partial charge < -0.3 is 9.53 Å². The predicted molar refractivity (Wildman–Crippen MR) is 54.1 cm³/mol. The lowest BCUT2D eigenvalue weighted by Gasteiger charge is -2.09. The van der Waals surface area contributed by atoms with Gasteiger partial charge in [-0.1, -0.05) is 24.3 Å². The van der Waals surface area contributed by atoms with E-state index in [4.69, 9.17) is 4.74 Å². The second-order valence-electron chi connectivity index (χ2n) is 3.91. The van der Waals surface area contributed by atoms with E-state index in [1.807, 2.05) is 18.2 Å². The fourth-order valence-corrected chi connectivity index (χ4v) is 1.75. The molecule has 1 saturated carbocycles. The molecule has 0 atom stereocenters. The summed E-state index contributed by atoms with van der Waals surface area (Å²) in [6.45, 7) is 0.614. The van der Waals surface area contributed by atoms with Gasteiger partial charge in [-0.2, -0.15) is 0 Å². The third kappa shape index (κ3) is 1.58. The molecular formula is C12H14O2. The fourth-order valence-electron chi connectivity index (χ4n) is 1.75. The molecule has 0 aromatic heterocycles. The van der Waals surface area contributed by atoms with Gasteiger partial charge in [-0.05, 0) is 24.0 Å². The number of benzene rings is 1. The van der Waals surface area contributed by atoms with Crippen molar-refractivity contribution in [2.75, 3.05) is 7.11 Å². The number of carbonyl (C=O) groups excluding carboxylic acids is 1. The number of hydrogen-bond acceptors (Lipinski definition) is 2. The number of aldehydes is 1. The van der Waals surface area contributed by atoms with E-state index in [9.17, 15) is 4.79 Å². The van der Waals surface area contributed by atoms with Crippen molar-refractivity contribution in [1.82, 2.24) is 0 Å². The molecule has 0 saturated heterocycles. The van der Waals surface area contributed by atoms with Gasteiger partial charge >= 0.3 is 0 Å². The highest BCUT2D eigenvalue weighted by molar-refractivity contribution is 5.73. The first-order valence-corrected chi connectivity index (χ1v) is 4.85. The van der Waals surface area contributed by atoms with Crippen molar-refractivity contribution in [3.8, 4) is 0 Å². The first kappa shape index (κ1) is 9.41. The largest absolute Gasteiger partial charge is 0.380 e. The van der Waals surface area contributed by atoms with Crippen LogP contribution in [0.5, 0.6) is 0 Å². The van der Waals surface area contributed by atoms with Gasteiger partial charge in [0.15, 0.2) is 0 Å². The van der Waals surface area contributed by atoms with E-state index in [1.54, 1.807) is 7.11 Å². The standard InChI is InChI=1S/C12H14O2/c1-14-8-10-3-2-4-11(7-10)12(9-13)5-6-12/h2-4,7,9H,5-6,8H2,1H3. The Balaban J connectivity index is 2.26. The summed E-state index contributed by atoms with van der Waals surface area (Å²) in [6.07, 6.45) is 3.07. The molecule has 1 aromatic carbocycles. The molecule has 1 aliphatic carbocycles. The lowest BCUT2D eigenvalue weighted by molar-refractivity contribution is -0.109. The Morgan fingerprint density at radius 3 is 2.86 bits per heavy atom. The van der Waals surface area contributed by atoms with E-state index >= 15 is 0 Å². The number of carbonyl (C=O) groups is 1. The maximum Gasteiger partial charge on any atom is 0.130 e. The van der Waals surface area contributed by atoms with E-state index in [1.165, 1.54) is 0 Å². The average molecular weight is 190 g/mol. The van der Waals surface area contributed by atoms with E-state index < -0.39 is 0 Å². The molecule has 2 heteroatoms. The highest BCUT2D eigenvalue weighted by Gasteiger charge is 2.44. The van der Waals surface area contributed by atoms with Crippen molar-refractivity contribution in [2.45, 2.75) is 24.9 Å². The summed E-state index contributed by atoms with van der Waals surface area (Å²) < 4.78 is 5.06. The topological polar surface area (TPSA) is 26.3 Å². The zero-order valence-corrected chi connectivity index (χ0v) is 8.32. The molecule has 0 unspecified atom stereocenters. The van der Waals surface area contributed by atoms with Crippen molar-refractivity contribution >= 4 is 6.29 Å². The van der Waals surface area contributed by atoms with Gasteiger partial charge in [0.2, 0.25) is 0 Å². The van der Waals surface area contributed by atoms with Gasteiger partial charge in [-0.25, -0.2) is 0 Å². The molecule has 1 aliphatic rings. The normalized spacial score (nSPS) is 17.8. The van der Waals surface area contributed by atoms with Gasteiger partial charge in [-0.3, -0.25) is 0 Å². The minimum atomic E-state index is -0.163. The van der Waals surface area contributed by atoms with Crippen LogP contribution in [0.4, 0.5) is 0 Å². The van der Waals surface area contributed by atoms with E-state index in [0.29, 0.717) is 6.61 Å². The van der Waals surface area contributed by atoms with Crippen molar-refractivity contribution in [1.29, 1.82) is 0 Å². The molecule has 14 heavy (non-hydrogen) atoms. The molecule has 2 nitrogen and oxygen atoms in total. The Labute approximate surface area is 83.9 Å². The Kier molecular flexibility index (Phi) is 2.38. The molecule has 0 radical (unpaired) electrons. The number of rotatable bonds is 4. The highest BCUT2D eigenvalue weighted by atomic mass is 16.5. The summed E-state index contributed by atoms with van der Waals surface area (Å²) in [5.74, 6) is 0. The van der Waals surface area contributed by atoms with Crippen LogP contribution in [0.1, 0.15) is 24.0 Å². The van der Waals surface area contributed by atoms with Crippen molar-refractivity contribution in [3.63, 3.8) is 0 Å². The molecule has 0 N–H and O–H groups in total. The number of ether oxygens (including phenoxy) is 1. The monoisotopic (exact) mass is 190 g/mol. The lowest BCUT2D eigenvalue weighted by atomic mass is 9.96. The van der Waals surface area contributed by atoms with Crippen LogP contribution in [0.15, 0.2) is 24.3 Å². The second-order valence-corrected chi connectivity index (χ2v) is 3.91. The van der Waals surface area contributed by atoms with Crippen LogP contribution >= 0.6 is 0 Å². The van der Waals surface area contributed by atoms with Crippen LogP contribution in [-0.2, 0) is 21.6 Å². The summed E-state index contributed by atoms with van der Waals surface area (Å²) in [6, 6.07) is 8.12. The van der Waals surface area contributed by atoms with Crippen LogP contribution in [0.3, 0.4) is 0 Å². The quantitative estimate of drug-likeness (QED) is 0.679. The molecule has 0 spiro atoms. The second kappa shape index (κ2) is 3.54. The first-order chi connectivity index (χ1) is 6.80. The Hall–Kier alpha value is -1.15. The SMILES string of the molecule is COCc1cccc(C2(C=O)CC2)c1. The van der Waals surface area contributed by atoms with E-state index in [-0.39, 0.29) is 5.41 Å². The third-order valence-corrected chi connectivity index (χ3v) is 2.83. The Bertz CT molecular complexity index is 340. The first-order valence-electron chi connectivity index (χ1n) is 4.85. The summed E-state index contributed by atoms with van der Waals surface area (Å²) in [7, 11) is 1.68. The summed E-state index contributed by atoms with van der Waals surface area (Å²) in [4.78, 5) is 10.9. The van der Waals surface area contributed by atoms with E-state index in [0.717, 1.165) is 30.3 Å². The van der Waals surface area contributed by atoms with Gasteiger partial charge in [0.05, 0.1) is 12.0 Å². The van der Waals surface area contributed by atoms with Gasteiger partial charge in [-0.15, -0.1) is 0 Å². The molecular weight excluding hydrogens is 176 g/mol. The highest BCUT2D eigenvalue weighted by Crippen LogP contribution is 2.46. The summed E-state index contributed by atoms with van der Waals surface area (Å²) >= 11 is 0. The Morgan fingerprint density at radius 1 is 1.50 bits per heavy atom. The maximum atomic E-state index is 10.9. The number of hydrogen-bond donors (Lipinski definition) is 0. The predicted octanol–water partition coefficient (Wildman–Crippen LogP) is 2.06. The molecule has 74 valence electrons. The molecule has 2 rings (SSSR count). The molecule has 0 bridgehead atoms. The summed E-state index contributed by atoms with van der Waals surface area (Å²) in [5.41, 5.74) is 2.11. The van der Waals surface area contributed by atoms with Crippen LogP contribution in [0.25, 0.3) is 0 Å². The Morgan fingerprint density at radius 2 is 2.29 bits per heavy atom. The van der Waals surface area contributed by atoms with Gasteiger partial charge in [0.25, 0.3) is 0 Å². The zero-order chi connectivity index (χ0) is 10.0. The fraction of sp³-hybridized carbons (Fsp3) is 0.417. The van der Waals surface area contributed by atoms with Crippen molar-refractivity contribution < 1.29 is 9.53 Å². The smallest absolute Gasteiger partial charge is 0.130 e. The molecule has 1 aromatic rings. The third-order valence-electron chi connectivity index (χ3n) is 2.83. The van der Waals surface area contributed by atoms with E-state index in [2.05, 4.69) is 6.07 Å². The van der Waals surface area contributed by atoms with Crippen molar-refractivity contribution in [2.24, 2.45) is 0 Å². The van der Waals surface area contributed by atoms with Gasteiger partial charge in [0.1, 0.15) is 6.29 Å². The minimum Gasteiger partial charge on any atom is -0.380 e. The molecule has 0 aliphatic heterocycles. The summed E-state index contributed by atoms with van der Waals surface area (Å²) in [5, 5.41) is 0. The maximum absolute atomic E-state index is 10.9. The van der Waals surface area contributed by atoms with Crippen molar-refractivity contribution in [3.05, 3.63) is 35.4 Å². The number of methoxy groups -OCH3 is 1. The molecule has 0 amide bonds. The molecule has 0 heterocycles. The van der Waals surface area contributed by atoms with Crippen LogP contribution < -0.4 is 0 Å². The lowest BCUT2D eigenvalue weighted by Crippen LogP contribution is -2.08. The zero-order valence-electron chi connectivity index (χ0n) is 8.32. The van der Waals surface area contributed by atoms with Gasteiger partial charge in [0, 0.05) is 7.11 Å². The molecule has 1 fully saturated rings. The van der Waals surface area contributed by atoms with Crippen LogP contribution in [0, 0.1) is 0 Å².